The summed E-state index contributed by atoms with van der Waals surface area (Å²) in [7, 11) is -3.43. The molecule has 0 bridgehead atoms. The van der Waals surface area contributed by atoms with E-state index < -0.39 is 15.9 Å². The smallest absolute Gasteiger partial charge is 0.191 e. The Bertz CT molecular complexity index is 554. The van der Waals surface area contributed by atoms with Crippen LogP contribution in [0.1, 0.15) is 20.8 Å². The predicted molar refractivity (Wildman–Crippen MR) is 91.2 cm³/mol. The molecular formula is C14H25N3O3S2. The van der Waals surface area contributed by atoms with E-state index in [0.717, 1.165) is 11.3 Å². The number of sulfone groups is 1. The number of nitrogens with one attached hydrogen (secondary N) is 2. The fraction of sp³-hybridized carbons (Fsp3) is 0.643. The average molecular weight is 348 g/mol. The van der Waals surface area contributed by atoms with Gasteiger partial charge in [-0.25, -0.2) is 8.42 Å². The number of thiophene rings is 1. The highest BCUT2D eigenvalue weighted by molar-refractivity contribution is 7.93. The van der Waals surface area contributed by atoms with E-state index in [1.807, 2.05) is 6.92 Å². The number of aliphatic hydroxyl groups excluding tert-OH is 1. The normalized spacial score (nSPS) is 14.1. The maximum absolute atomic E-state index is 12.1. The minimum atomic E-state index is -3.43. The lowest BCUT2D eigenvalue weighted by Crippen LogP contribution is -2.43. The van der Waals surface area contributed by atoms with Gasteiger partial charge in [-0.15, -0.1) is 11.3 Å². The molecule has 1 aromatic heterocycles. The molecule has 0 aliphatic heterocycles. The minimum absolute atomic E-state index is 0.133. The van der Waals surface area contributed by atoms with Crippen LogP contribution in [0.3, 0.4) is 0 Å². The summed E-state index contributed by atoms with van der Waals surface area (Å²) in [4.78, 5) is 4.37. The summed E-state index contributed by atoms with van der Waals surface area (Å²) in [5.41, 5.74) is 0. The Morgan fingerprint density at radius 3 is 2.68 bits per heavy atom. The van der Waals surface area contributed by atoms with Gasteiger partial charge < -0.3 is 15.7 Å². The van der Waals surface area contributed by atoms with Gasteiger partial charge in [0.2, 0.25) is 0 Å². The molecule has 126 valence electrons. The quantitative estimate of drug-likeness (QED) is 0.484. The molecule has 1 rings (SSSR count). The zero-order chi connectivity index (χ0) is 16.6. The summed E-state index contributed by atoms with van der Waals surface area (Å²) in [6.07, 6.45) is -0.991. The largest absolute Gasteiger partial charge is 0.390 e. The van der Waals surface area contributed by atoms with Gasteiger partial charge in [0.25, 0.3) is 0 Å². The molecule has 0 aliphatic carbocycles. The second kappa shape index (κ2) is 9.12. The van der Waals surface area contributed by atoms with Crippen molar-refractivity contribution in [2.24, 2.45) is 10.9 Å². The molecule has 0 spiro atoms. The average Bonchev–Trinajstić information content (AvgIpc) is 2.96. The Morgan fingerprint density at radius 1 is 1.41 bits per heavy atom. The Labute approximate surface area is 136 Å². The van der Waals surface area contributed by atoms with E-state index in [9.17, 15) is 13.5 Å². The van der Waals surface area contributed by atoms with Crippen molar-refractivity contribution in [3.8, 4) is 0 Å². The van der Waals surface area contributed by atoms with Crippen LogP contribution < -0.4 is 10.6 Å². The highest BCUT2D eigenvalue weighted by Crippen LogP contribution is 2.17. The van der Waals surface area contributed by atoms with Gasteiger partial charge >= 0.3 is 0 Å². The molecule has 0 radical (unpaired) electrons. The summed E-state index contributed by atoms with van der Waals surface area (Å²) in [5, 5.41) is 17.7. The van der Waals surface area contributed by atoms with Crippen LogP contribution in [0, 0.1) is 5.92 Å². The molecule has 0 saturated carbocycles. The molecule has 0 amide bonds. The first kappa shape index (κ1) is 18.9. The van der Waals surface area contributed by atoms with E-state index in [1.54, 1.807) is 17.5 Å². The summed E-state index contributed by atoms with van der Waals surface area (Å²) in [6, 6.07) is 3.23. The highest BCUT2D eigenvalue weighted by atomic mass is 32.2. The summed E-state index contributed by atoms with van der Waals surface area (Å²) in [5.74, 6) is 0.716. The summed E-state index contributed by atoms with van der Waals surface area (Å²) < 4.78 is 24.4. The second-order valence-corrected chi connectivity index (χ2v) is 8.57. The number of rotatable bonds is 8. The number of nitrogens with zero attached hydrogens (tertiary/aromatic N) is 1. The molecule has 0 aliphatic rings. The van der Waals surface area contributed by atoms with Crippen LogP contribution in [0.4, 0.5) is 0 Å². The van der Waals surface area contributed by atoms with E-state index in [0.29, 0.717) is 25.0 Å². The minimum Gasteiger partial charge on any atom is -0.390 e. The highest BCUT2D eigenvalue weighted by Gasteiger charge is 2.20. The maximum Gasteiger partial charge on any atom is 0.191 e. The first-order valence-electron chi connectivity index (χ1n) is 7.31. The van der Waals surface area contributed by atoms with Crippen molar-refractivity contribution >= 4 is 27.1 Å². The third kappa shape index (κ3) is 6.76. The van der Waals surface area contributed by atoms with Crippen LogP contribution in [0.2, 0.25) is 0 Å². The number of hydrogen-bond acceptors (Lipinski definition) is 5. The molecule has 1 unspecified atom stereocenters. The molecule has 1 atom stereocenters. The Kier molecular flexibility index (Phi) is 7.84. The van der Waals surface area contributed by atoms with E-state index >= 15 is 0 Å². The lowest BCUT2D eigenvalue weighted by molar-refractivity contribution is 0.200. The molecule has 22 heavy (non-hydrogen) atoms. The van der Waals surface area contributed by atoms with Gasteiger partial charge in [-0.05, 0) is 24.3 Å². The molecule has 0 saturated heterocycles. The number of guanidine groups is 1. The Hall–Kier alpha value is -1.12. The fourth-order valence-corrected chi connectivity index (χ4v) is 4.15. The zero-order valence-corrected chi connectivity index (χ0v) is 14.9. The van der Waals surface area contributed by atoms with Crippen molar-refractivity contribution in [3.05, 3.63) is 17.5 Å². The second-order valence-electron chi connectivity index (χ2n) is 5.36. The maximum atomic E-state index is 12.1. The van der Waals surface area contributed by atoms with Crippen LogP contribution >= 0.6 is 11.3 Å². The van der Waals surface area contributed by atoms with Gasteiger partial charge in [0.1, 0.15) is 4.21 Å². The Morgan fingerprint density at radius 2 is 2.14 bits per heavy atom. The summed E-state index contributed by atoms with van der Waals surface area (Å²) in [6.45, 7) is 7.58. The number of aliphatic hydroxyl groups is 1. The van der Waals surface area contributed by atoms with Gasteiger partial charge in [-0.1, -0.05) is 19.9 Å². The standard InChI is InChI=1S/C14H25N3O3S2/c1-4-15-14(16-8-11(2)3)17-9-12(18)10-22(19,20)13-6-5-7-21-13/h5-7,11-12,18H,4,8-10H2,1-3H3,(H2,15,16,17). The number of aliphatic imine (C=N–C) groups is 1. The third-order valence-corrected chi connectivity index (χ3v) is 5.96. The molecule has 3 N–H and O–H groups in total. The van der Waals surface area contributed by atoms with E-state index in [4.69, 9.17) is 0 Å². The van der Waals surface area contributed by atoms with Crippen molar-refractivity contribution in [2.45, 2.75) is 31.1 Å². The molecule has 1 heterocycles. The number of hydrogen-bond donors (Lipinski definition) is 3. The van der Waals surface area contributed by atoms with Crippen molar-refractivity contribution in [1.29, 1.82) is 0 Å². The lowest BCUT2D eigenvalue weighted by Gasteiger charge is -2.15. The van der Waals surface area contributed by atoms with Crippen LogP contribution in [0.15, 0.2) is 26.7 Å². The lowest BCUT2D eigenvalue weighted by atomic mass is 10.2. The molecule has 8 heteroatoms. The topological polar surface area (TPSA) is 90.8 Å². The molecular weight excluding hydrogens is 322 g/mol. The van der Waals surface area contributed by atoms with Crippen LogP contribution in [-0.2, 0) is 9.84 Å². The predicted octanol–water partition coefficient (Wildman–Crippen LogP) is 1.09. The van der Waals surface area contributed by atoms with Crippen molar-refractivity contribution in [3.63, 3.8) is 0 Å². The molecule has 1 aromatic rings. The Balaban J connectivity index is 2.53. The van der Waals surface area contributed by atoms with Crippen LogP contribution in [0.25, 0.3) is 0 Å². The van der Waals surface area contributed by atoms with Gasteiger partial charge in [0.05, 0.1) is 11.9 Å². The van der Waals surface area contributed by atoms with Gasteiger partial charge in [0, 0.05) is 19.6 Å². The first-order chi connectivity index (χ1) is 10.3. The van der Waals surface area contributed by atoms with Crippen LogP contribution in [-0.4, -0.2) is 51.0 Å². The SMILES string of the molecule is CCNC(=NCC(C)C)NCC(O)CS(=O)(=O)c1cccs1. The van der Waals surface area contributed by atoms with Crippen molar-refractivity contribution < 1.29 is 13.5 Å². The molecule has 6 nitrogen and oxygen atoms in total. The van der Waals surface area contributed by atoms with Gasteiger partial charge in [0.15, 0.2) is 15.8 Å². The fourth-order valence-electron chi connectivity index (χ4n) is 1.66. The first-order valence-corrected chi connectivity index (χ1v) is 9.84. The van der Waals surface area contributed by atoms with Gasteiger partial charge in [-0.2, -0.15) is 0 Å². The van der Waals surface area contributed by atoms with Gasteiger partial charge in [-0.3, -0.25) is 4.99 Å². The van der Waals surface area contributed by atoms with E-state index in [2.05, 4.69) is 29.5 Å². The molecule has 0 aromatic carbocycles. The van der Waals surface area contributed by atoms with E-state index in [1.165, 1.54) is 0 Å². The summed E-state index contributed by atoms with van der Waals surface area (Å²) >= 11 is 1.16. The van der Waals surface area contributed by atoms with Crippen LogP contribution in [0.5, 0.6) is 0 Å². The van der Waals surface area contributed by atoms with Crippen molar-refractivity contribution in [1.82, 2.24) is 10.6 Å². The monoisotopic (exact) mass is 347 g/mol. The molecule has 0 fully saturated rings. The zero-order valence-electron chi connectivity index (χ0n) is 13.2. The third-order valence-electron chi connectivity index (χ3n) is 2.68. The van der Waals surface area contributed by atoms with Crippen molar-refractivity contribution in [2.75, 3.05) is 25.4 Å². The van der Waals surface area contributed by atoms with E-state index in [-0.39, 0.29) is 16.5 Å².